The normalized spacial score (nSPS) is 11.5. The monoisotopic (exact) mass is 808 g/mol. The molecule has 0 bridgehead atoms. The molecule has 4 nitrogen and oxygen atoms in total. The third kappa shape index (κ3) is 6.26. The van der Waals surface area contributed by atoms with Gasteiger partial charge in [0.25, 0.3) is 0 Å². The van der Waals surface area contributed by atoms with E-state index in [0.29, 0.717) is 5.82 Å². The fourth-order valence-corrected chi connectivity index (χ4v) is 9.89. The first kappa shape index (κ1) is 35.9. The lowest BCUT2D eigenvalue weighted by atomic mass is 9.95. The van der Waals surface area contributed by atoms with Gasteiger partial charge in [0.05, 0.1) is 22.6 Å². The Bertz CT molecular complexity index is 3610. The van der Waals surface area contributed by atoms with Crippen molar-refractivity contribution in [2.24, 2.45) is 0 Å². The molecule has 12 aromatic rings. The molecule has 0 saturated heterocycles. The van der Waals surface area contributed by atoms with Crippen LogP contribution < -0.4 is 0 Å². The van der Waals surface area contributed by atoms with Crippen LogP contribution in [0.3, 0.4) is 0 Å². The molecule has 62 heavy (non-hydrogen) atoms. The first-order valence-electron chi connectivity index (χ1n) is 20.8. The van der Waals surface area contributed by atoms with E-state index in [9.17, 15) is 0 Å². The molecule has 0 radical (unpaired) electrons. The maximum atomic E-state index is 5.50. The van der Waals surface area contributed by atoms with Gasteiger partial charge in [-0.25, -0.2) is 14.5 Å². The number of fused-ring (bicyclic) bond motifs is 6. The second-order valence-corrected chi connectivity index (χ2v) is 16.7. The van der Waals surface area contributed by atoms with E-state index < -0.39 is 0 Å². The lowest BCUT2D eigenvalue weighted by molar-refractivity contribution is 0.979. The number of hydrogen-bond acceptors (Lipinski definition) is 4. The van der Waals surface area contributed by atoms with Crippen LogP contribution in [0.1, 0.15) is 0 Å². The Kier molecular flexibility index (Phi) is 8.65. The molecule has 4 heterocycles. The van der Waals surface area contributed by atoms with E-state index in [1.165, 1.54) is 36.7 Å². The van der Waals surface area contributed by atoms with Gasteiger partial charge >= 0.3 is 0 Å². The molecule has 0 aliphatic heterocycles. The minimum Gasteiger partial charge on any atom is -0.231 e. The van der Waals surface area contributed by atoms with Crippen LogP contribution in [0.4, 0.5) is 0 Å². The third-order valence-corrected chi connectivity index (χ3v) is 13.0. The van der Waals surface area contributed by atoms with Crippen LogP contribution in [0.15, 0.2) is 218 Å². The number of thiophene rings is 1. The van der Waals surface area contributed by atoms with Crippen molar-refractivity contribution in [1.29, 1.82) is 0 Å². The van der Waals surface area contributed by atoms with Gasteiger partial charge in [-0.05, 0) is 58.5 Å². The molecule has 290 valence electrons. The molecule has 8 aromatic carbocycles. The summed E-state index contributed by atoms with van der Waals surface area (Å²) in [6.07, 6.45) is 0. The van der Waals surface area contributed by atoms with Gasteiger partial charge < -0.3 is 0 Å². The lowest BCUT2D eigenvalue weighted by Gasteiger charge is -2.11. The summed E-state index contributed by atoms with van der Waals surface area (Å²) in [5.41, 5.74) is 14.4. The fraction of sp³-hybridized carbons (Fsp3) is 0. The zero-order valence-corrected chi connectivity index (χ0v) is 34.3. The third-order valence-electron chi connectivity index (χ3n) is 11.8. The van der Waals surface area contributed by atoms with Crippen LogP contribution in [-0.4, -0.2) is 19.6 Å². The number of hydrogen-bond donors (Lipinski definition) is 0. The summed E-state index contributed by atoms with van der Waals surface area (Å²) in [5.74, 6) is 0.680. The molecular formula is C57H36N4S. The van der Waals surface area contributed by atoms with E-state index in [2.05, 4.69) is 205 Å². The van der Waals surface area contributed by atoms with Gasteiger partial charge in [0.15, 0.2) is 5.82 Å². The highest BCUT2D eigenvalue weighted by atomic mass is 32.1. The first-order valence-corrected chi connectivity index (χ1v) is 21.7. The fourth-order valence-electron chi connectivity index (χ4n) is 8.81. The standard InChI is InChI=1S/C57H36N4S/c1-4-15-39(16-5-1)51-35-43-21-10-11-24-46(43)56-54(40-17-6-2-7-18-40)55(60-61(51)56)45-23-14-22-44(33-45)50-36-49(58-57(59-50)41-19-8-3-9-20-41)38-29-27-37(28-30-38)42-31-32-53-48(34-42)47-25-12-13-26-52(47)62-53/h1-36H. The van der Waals surface area contributed by atoms with Crippen LogP contribution in [0.5, 0.6) is 0 Å². The Morgan fingerprint density at radius 2 is 0.935 bits per heavy atom. The van der Waals surface area contributed by atoms with Crippen molar-refractivity contribution in [3.8, 4) is 78.7 Å². The number of benzene rings is 8. The molecule has 0 aliphatic rings. The van der Waals surface area contributed by atoms with Crippen molar-refractivity contribution < 1.29 is 0 Å². The van der Waals surface area contributed by atoms with E-state index >= 15 is 0 Å². The van der Waals surface area contributed by atoms with Crippen LogP contribution >= 0.6 is 11.3 Å². The predicted octanol–water partition coefficient (Wildman–Crippen LogP) is 15.3. The van der Waals surface area contributed by atoms with Gasteiger partial charge in [-0.2, -0.15) is 5.10 Å². The zero-order valence-electron chi connectivity index (χ0n) is 33.5. The molecular weight excluding hydrogens is 773 g/mol. The lowest BCUT2D eigenvalue weighted by Crippen LogP contribution is -1.96. The number of pyridine rings is 1. The van der Waals surface area contributed by atoms with Crippen molar-refractivity contribution in [1.82, 2.24) is 19.6 Å². The Morgan fingerprint density at radius 3 is 1.71 bits per heavy atom. The number of rotatable bonds is 7. The molecule has 0 N–H and O–H groups in total. The van der Waals surface area contributed by atoms with Gasteiger partial charge in [0.2, 0.25) is 0 Å². The highest BCUT2D eigenvalue weighted by molar-refractivity contribution is 7.25. The largest absolute Gasteiger partial charge is 0.231 e. The summed E-state index contributed by atoms with van der Waals surface area (Å²) >= 11 is 1.85. The topological polar surface area (TPSA) is 43.1 Å². The summed E-state index contributed by atoms with van der Waals surface area (Å²) < 4.78 is 4.76. The second kappa shape index (κ2) is 14.9. The summed E-state index contributed by atoms with van der Waals surface area (Å²) in [6, 6.07) is 77.3. The summed E-state index contributed by atoms with van der Waals surface area (Å²) in [7, 11) is 0. The van der Waals surface area contributed by atoms with Gasteiger partial charge in [0.1, 0.15) is 5.69 Å². The van der Waals surface area contributed by atoms with Crippen LogP contribution in [0, 0.1) is 0 Å². The average molecular weight is 809 g/mol. The molecule has 0 aliphatic carbocycles. The zero-order chi connectivity index (χ0) is 41.0. The Labute approximate surface area is 362 Å². The van der Waals surface area contributed by atoms with Gasteiger partial charge in [0, 0.05) is 58.9 Å². The minimum atomic E-state index is 0.680. The van der Waals surface area contributed by atoms with Crippen LogP contribution in [-0.2, 0) is 0 Å². The molecule has 4 aromatic heterocycles. The van der Waals surface area contributed by atoms with Crippen molar-refractivity contribution >= 4 is 47.8 Å². The van der Waals surface area contributed by atoms with Gasteiger partial charge in [-0.15, -0.1) is 11.3 Å². The highest BCUT2D eigenvalue weighted by Crippen LogP contribution is 2.42. The Morgan fingerprint density at radius 1 is 0.355 bits per heavy atom. The molecule has 0 unspecified atom stereocenters. The molecule has 5 heteroatoms. The van der Waals surface area contributed by atoms with Crippen molar-refractivity contribution in [3.05, 3.63) is 218 Å². The number of aromatic nitrogens is 4. The average Bonchev–Trinajstić information content (AvgIpc) is 3.94. The van der Waals surface area contributed by atoms with E-state index in [-0.39, 0.29) is 0 Å². The van der Waals surface area contributed by atoms with Crippen molar-refractivity contribution in [3.63, 3.8) is 0 Å². The molecule has 0 fully saturated rings. The smallest absolute Gasteiger partial charge is 0.160 e. The molecule has 0 saturated carbocycles. The number of nitrogens with zero attached hydrogens (tertiary/aromatic N) is 4. The molecule has 12 rings (SSSR count). The van der Waals surface area contributed by atoms with E-state index in [1.54, 1.807) is 0 Å². The summed E-state index contributed by atoms with van der Waals surface area (Å²) in [5, 5.41) is 10.4. The van der Waals surface area contributed by atoms with Gasteiger partial charge in [-0.3, -0.25) is 0 Å². The van der Waals surface area contributed by atoms with E-state index in [0.717, 1.165) is 72.6 Å². The maximum Gasteiger partial charge on any atom is 0.160 e. The van der Waals surface area contributed by atoms with Crippen LogP contribution in [0.2, 0.25) is 0 Å². The van der Waals surface area contributed by atoms with Crippen molar-refractivity contribution in [2.45, 2.75) is 0 Å². The maximum absolute atomic E-state index is 5.50. The van der Waals surface area contributed by atoms with E-state index in [1.807, 2.05) is 29.5 Å². The second-order valence-electron chi connectivity index (χ2n) is 15.6. The molecule has 0 atom stereocenters. The SMILES string of the molecule is c1ccc(-c2nc(-c3ccc(-c4ccc5sc6ccccc6c5c4)cc3)cc(-c3cccc(-c4nn5c(-c6ccccc6)cc6ccccc6c5c4-c4ccccc4)c3)n2)cc1. The van der Waals surface area contributed by atoms with Crippen molar-refractivity contribution in [2.75, 3.05) is 0 Å². The minimum absolute atomic E-state index is 0.680. The predicted molar refractivity (Wildman–Crippen MR) is 259 cm³/mol. The van der Waals surface area contributed by atoms with Gasteiger partial charge in [-0.1, -0.05) is 182 Å². The molecule has 0 amide bonds. The van der Waals surface area contributed by atoms with Crippen LogP contribution in [0.25, 0.3) is 115 Å². The summed E-state index contributed by atoms with van der Waals surface area (Å²) in [6.45, 7) is 0. The Hall–Kier alpha value is -7.99. The Balaban J connectivity index is 1.00. The highest BCUT2D eigenvalue weighted by Gasteiger charge is 2.22. The first-order chi connectivity index (χ1) is 30.7. The molecule has 0 spiro atoms. The summed E-state index contributed by atoms with van der Waals surface area (Å²) in [4.78, 5) is 10.4. The quantitative estimate of drug-likeness (QED) is 0.161. The van der Waals surface area contributed by atoms with E-state index in [4.69, 9.17) is 15.1 Å².